The molecule has 0 amide bonds. The molecule has 1 aliphatic rings. The van der Waals surface area contributed by atoms with Crippen molar-refractivity contribution in [1.29, 1.82) is 0 Å². The predicted molar refractivity (Wildman–Crippen MR) is 150 cm³/mol. The van der Waals surface area contributed by atoms with E-state index in [0.717, 1.165) is 16.8 Å². The first-order valence-electron chi connectivity index (χ1n) is 11.7. The van der Waals surface area contributed by atoms with Crippen LogP contribution in [0.4, 0.5) is 0 Å². The van der Waals surface area contributed by atoms with Crippen LogP contribution in [0, 0.1) is 6.07 Å². The molecular weight excluding hydrogens is 655 g/mol. The number of allylic oxidation sites excluding steroid dienone is 2. The standard InChI is InChI=1S/C27H14NS.C5H8O2.Ir/c1-2-8-17-16(7-1)18-10-5-12-22-26(18)21(17)15-23(28-22)19-11-6-14-25-27(19)20-9-3-4-13-24(20)29-25;1-4(6)3-5(2)7;/h1-10,12-15H;3,6H,1-2H3;/q-1;;/b;4-3-;. The Morgan fingerprint density at radius 2 is 1.54 bits per heavy atom. The maximum atomic E-state index is 10.0. The average Bonchev–Trinajstić information content (AvgIpc) is 3.41. The van der Waals surface area contributed by atoms with E-state index in [9.17, 15) is 4.79 Å². The summed E-state index contributed by atoms with van der Waals surface area (Å²) in [4.78, 5) is 15.1. The van der Waals surface area contributed by atoms with Crippen LogP contribution in [-0.4, -0.2) is 15.9 Å². The number of carbonyl (C=O) groups excluding carboxylic acids is 1. The van der Waals surface area contributed by atoms with Crippen LogP contribution in [-0.2, 0) is 24.9 Å². The number of fused-ring (bicyclic) bond motifs is 6. The number of hydrogen-bond donors (Lipinski definition) is 1. The Hall–Kier alpha value is -3.63. The number of aromatic nitrogens is 1. The van der Waals surface area contributed by atoms with Crippen molar-refractivity contribution >= 4 is 48.2 Å². The van der Waals surface area contributed by atoms with Gasteiger partial charge in [-0.1, -0.05) is 66.0 Å². The number of ketones is 1. The summed E-state index contributed by atoms with van der Waals surface area (Å²) < 4.78 is 2.59. The molecular formula is C32H22IrNO2S-. The Labute approximate surface area is 232 Å². The monoisotopic (exact) mass is 677 g/mol. The van der Waals surface area contributed by atoms with E-state index < -0.39 is 0 Å². The first-order chi connectivity index (χ1) is 17.5. The summed E-state index contributed by atoms with van der Waals surface area (Å²) in [6.07, 6.45) is 1.17. The second-order valence-corrected chi connectivity index (χ2v) is 9.97. The third-order valence-corrected chi connectivity index (χ3v) is 7.48. The zero-order chi connectivity index (χ0) is 24.8. The van der Waals surface area contributed by atoms with Gasteiger partial charge in [0.15, 0.2) is 5.78 Å². The summed E-state index contributed by atoms with van der Waals surface area (Å²) in [5, 5.41) is 12.2. The SMILES string of the molecule is CC(=O)/C=C(/C)O.[Ir].[c-]1ccc2sc3ccccc3c2c1-c1cc2c3c(cccc3n1)-c1ccccc1-2. The van der Waals surface area contributed by atoms with E-state index >= 15 is 0 Å². The molecule has 2 heterocycles. The van der Waals surface area contributed by atoms with Gasteiger partial charge in [0.1, 0.15) is 0 Å². The first kappa shape index (κ1) is 25.0. The van der Waals surface area contributed by atoms with Crippen LogP contribution in [0.25, 0.3) is 64.6 Å². The molecule has 1 radical (unpaired) electrons. The number of rotatable bonds is 2. The molecule has 2 aromatic heterocycles. The molecule has 0 aliphatic heterocycles. The van der Waals surface area contributed by atoms with E-state index in [4.69, 9.17) is 10.1 Å². The normalized spacial score (nSPS) is 11.7. The molecule has 5 heteroatoms. The molecule has 183 valence electrons. The largest absolute Gasteiger partial charge is 0.512 e. The van der Waals surface area contributed by atoms with Gasteiger partial charge in [-0.3, -0.25) is 9.78 Å². The molecule has 3 nitrogen and oxygen atoms in total. The van der Waals surface area contributed by atoms with Gasteiger partial charge in [0.2, 0.25) is 0 Å². The maximum absolute atomic E-state index is 10.0. The van der Waals surface area contributed by atoms with Crippen molar-refractivity contribution in [1.82, 2.24) is 4.98 Å². The fourth-order valence-corrected chi connectivity index (χ4v) is 6.13. The molecule has 4 aromatic carbocycles. The predicted octanol–water partition coefficient (Wildman–Crippen LogP) is 8.75. The van der Waals surface area contributed by atoms with Crippen molar-refractivity contribution in [2.45, 2.75) is 13.8 Å². The number of aliphatic hydroxyl groups excluding tert-OH is 1. The number of pyridine rings is 1. The Morgan fingerprint density at radius 3 is 2.27 bits per heavy atom. The van der Waals surface area contributed by atoms with Gasteiger partial charge in [-0.05, 0) is 64.0 Å². The molecule has 0 saturated carbocycles. The van der Waals surface area contributed by atoms with Gasteiger partial charge in [0.25, 0.3) is 0 Å². The smallest absolute Gasteiger partial charge is 0.155 e. The molecule has 0 spiro atoms. The fourth-order valence-electron chi connectivity index (χ4n) is 5.01. The maximum Gasteiger partial charge on any atom is 0.155 e. The van der Waals surface area contributed by atoms with E-state index in [0.29, 0.717) is 0 Å². The van der Waals surface area contributed by atoms with E-state index in [1.54, 1.807) is 0 Å². The molecule has 0 atom stereocenters. The second-order valence-electron chi connectivity index (χ2n) is 8.89. The summed E-state index contributed by atoms with van der Waals surface area (Å²) in [7, 11) is 0. The van der Waals surface area contributed by atoms with Crippen molar-refractivity contribution < 1.29 is 30.0 Å². The molecule has 0 bridgehead atoms. The van der Waals surface area contributed by atoms with Crippen molar-refractivity contribution in [3.05, 3.63) is 103 Å². The fraction of sp³-hybridized carbons (Fsp3) is 0.0625. The number of aliphatic hydroxyl groups is 1. The third kappa shape index (κ3) is 4.40. The number of thiophene rings is 1. The topological polar surface area (TPSA) is 50.2 Å². The van der Waals surface area contributed by atoms with Gasteiger partial charge in [0.05, 0.1) is 11.3 Å². The molecule has 7 rings (SSSR count). The molecule has 6 aromatic rings. The molecule has 37 heavy (non-hydrogen) atoms. The summed E-state index contributed by atoms with van der Waals surface area (Å²) >= 11 is 1.84. The Morgan fingerprint density at radius 1 is 0.838 bits per heavy atom. The first-order valence-corrected chi connectivity index (χ1v) is 12.6. The van der Waals surface area contributed by atoms with Gasteiger partial charge >= 0.3 is 0 Å². The number of benzene rings is 4. The minimum Gasteiger partial charge on any atom is -0.512 e. The number of nitrogens with zero attached hydrogens (tertiary/aromatic N) is 1. The van der Waals surface area contributed by atoms with Crippen LogP contribution in [0.3, 0.4) is 0 Å². The minimum atomic E-state index is -0.125. The zero-order valence-corrected chi connectivity index (χ0v) is 23.4. The van der Waals surface area contributed by atoms with E-state index in [1.807, 2.05) is 17.4 Å². The van der Waals surface area contributed by atoms with Crippen molar-refractivity contribution in [3.8, 4) is 33.5 Å². The third-order valence-electron chi connectivity index (χ3n) is 6.34. The molecule has 0 unspecified atom stereocenters. The van der Waals surface area contributed by atoms with Gasteiger partial charge in [-0.25, -0.2) is 0 Å². The van der Waals surface area contributed by atoms with Gasteiger partial charge in [-0.15, -0.1) is 23.8 Å². The van der Waals surface area contributed by atoms with E-state index in [-0.39, 0.29) is 31.6 Å². The molecule has 0 saturated heterocycles. The average molecular weight is 677 g/mol. The van der Waals surface area contributed by atoms with Crippen LogP contribution in [0.2, 0.25) is 0 Å². The Balaban J connectivity index is 0.000000313. The Bertz CT molecular complexity index is 1850. The number of carbonyl (C=O) groups is 1. The van der Waals surface area contributed by atoms with Gasteiger partial charge < -0.3 is 5.11 Å². The molecule has 0 fully saturated rings. The summed E-state index contributed by atoms with van der Waals surface area (Å²) in [6, 6.07) is 33.7. The zero-order valence-electron chi connectivity index (χ0n) is 20.2. The minimum absolute atomic E-state index is 0. The van der Waals surface area contributed by atoms with Crippen molar-refractivity contribution in [2.75, 3.05) is 0 Å². The van der Waals surface area contributed by atoms with Crippen LogP contribution < -0.4 is 0 Å². The molecule has 1 N–H and O–H groups in total. The van der Waals surface area contributed by atoms with Crippen molar-refractivity contribution in [2.24, 2.45) is 0 Å². The van der Waals surface area contributed by atoms with Crippen LogP contribution >= 0.6 is 11.3 Å². The van der Waals surface area contributed by atoms with Crippen LogP contribution in [0.1, 0.15) is 13.8 Å². The van der Waals surface area contributed by atoms with E-state index in [2.05, 4.69) is 84.9 Å². The van der Waals surface area contributed by atoms with Gasteiger partial charge in [0, 0.05) is 36.3 Å². The summed E-state index contributed by atoms with van der Waals surface area (Å²) in [5.41, 5.74) is 8.30. The summed E-state index contributed by atoms with van der Waals surface area (Å²) in [5.74, 6) is -0.0625. The van der Waals surface area contributed by atoms with Crippen LogP contribution in [0.15, 0.2) is 96.8 Å². The number of hydrogen-bond acceptors (Lipinski definition) is 4. The second kappa shape index (κ2) is 10.0. The van der Waals surface area contributed by atoms with Gasteiger partial charge in [-0.2, -0.15) is 11.3 Å². The molecule has 1 aliphatic carbocycles. The Kier molecular flexibility index (Phi) is 6.78. The van der Waals surface area contributed by atoms with Crippen LogP contribution in [0.5, 0.6) is 0 Å². The van der Waals surface area contributed by atoms with Crippen molar-refractivity contribution in [3.63, 3.8) is 0 Å². The van der Waals surface area contributed by atoms with E-state index in [1.165, 1.54) is 67.7 Å². The quantitative estimate of drug-likeness (QED) is 0.113. The summed E-state index contributed by atoms with van der Waals surface area (Å²) in [6.45, 7) is 2.85.